The average Bonchev–Trinajstić information content (AvgIpc) is 2.69. The largest absolute Gasteiger partial charge is 0.341 e. The molecule has 0 bridgehead atoms. The Morgan fingerprint density at radius 2 is 1.97 bits per heavy atom. The van der Waals surface area contributed by atoms with Crippen molar-refractivity contribution in [2.75, 3.05) is 4.90 Å². The minimum atomic E-state index is 0.212. The molecule has 7 heteroatoms. The van der Waals surface area contributed by atoms with Crippen LogP contribution in [-0.4, -0.2) is 30.6 Å². The zero-order valence-corrected chi connectivity index (χ0v) is 17.1. The molecule has 0 aliphatic carbocycles. The number of nitrogens with one attached hydrogen (secondary N) is 1. The van der Waals surface area contributed by atoms with Crippen LogP contribution < -0.4 is 21.3 Å². The quantitative estimate of drug-likeness (QED) is 0.643. The molecule has 0 amide bonds. The van der Waals surface area contributed by atoms with Gasteiger partial charge in [-0.2, -0.15) is 0 Å². The summed E-state index contributed by atoms with van der Waals surface area (Å²) < 4.78 is 0. The van der Waals surface area contributed by atoms with Crippen molar-refractivity contribution in [2.24, 2.45) is 0 Å². The maximum Gasteiger partial charge on any atom is 0.164 e. The molecular weight excluding hydrogens is 356 g/mol. The molecule has 5 nitrogen and oxygen atoms in total. The molecule has 3 aromatic heterocycles. The van der Waals surface area contributed by atoms with E-state index in [1.54, 1.807) is 0 Å². The van der Waals surface area contributed by atoms with E-state index < -0.39 is 0 Å². The van der Waals surface area contributed by atoms with Crippen LogP contribution in [0.15, 0.2) is 55.1 Å². The van der Waals surface area contributed by atoms with Gasteiger partial charge in [-0.05, 0) is 30.7 Å². The number of aromatic nitrogens is 3. The van der Waals surface area contributed by atoms with Crippen molar-refractivity contribution in [1.29, 1.82) is 0 Å². The van der Waals surface area contributed by atoms with Gasteiger partial charge in [-0.1, -0.05) is 31.1 Å². The van der Waals surface area contributed by atoms with Gasteiger partial charge in [0.1, 0.15) is 19.5 Å². The molecule has 29 heavy (non-hydrogen) atoms. The van der Waals surface area contributed by atoms with Crippen LogP contribution in [-0.2, 0) is 0 Å². The second kappa shape index (κ2) is 6.34. The molecule has 0 spiro atoms. The Labute approximate surface area is 172 Å². The van der Waals surface area contributed by atoms with E-state index in [9.17, 15) is 0 Å². The Bertz CT molecular complexity index is 1220. The van der Waals surface area contributed by atoms with E-state index in [4.69, 9.17) is 4.98 Å². The number of pyridine rings is 3. The van der Waals surface area contributed by atoms with Gasteiger partial charge in [-0.15, -0.1) is 0 Å². The standard InChI is InChI=1S/C22H21B2N5/c1-11-6-8-25-18-12(2)9-17-27-13(3)15-10-16(23)19(14-5-4-7-26-21(14)24)28-22(15)29(17)20(11)18/h4-10,12,27H,3,23-24H2,1-2H3. The fourth-order valence-electron chi connectivity index (χ4n) is 4.25. The van der Waals surface area contributed by atoms with Crippen molar-refractivity contribution in [3.8, 4) is 11.3 Å². The number of allylic oxidation sites excluding steroid dienone is 1. The van der Waals surface area contributed by atoms with Gasteiger partial charge in [0.05, 0.1) is 17.1 Å². The molecule has 0 aromatic carbocycles. The topological polar surface area (TPSA) is 53.9 Å². The summed E-state index contributed by atoms with van der Waals surface area (Å²) in [7, 11) is 4.11. The van der Waals surface area contributed by atoms with Crippen LogP contribution in [0.25, 0.3) is 17.0 Å². The molecule has 0 saturated carbocycles. The van der Waals surface area contributed by atoms with Crippen LogP contribution in [0.5, 0.6) is 0 Å². The minimum absolute atomic E-state index is 0.212. The number of hydrogen-bond donors (Lipinski definition) is 1. The fraction of sp³-hybridized carbons (Fsp3) is 0.136. The highest BCUT2D eigenvalue weighted by molar-refractivity contribution is 6.39. The molecule has 2 aliphatic rings. The maximum absolute atomic E-state index is 5.16. The number of anilines is 2. The smallest absolute Gasteiger partial charge is 0.164 e. The lowest BCUT2D eigenvalue weighted by Crippen LogP contribution is -2.38. The van der Waals surface area contributed by atoms with Gasteiger partial charge >= 0.3 is 0 Å². The molecule has 5 heterocycles. The Balaban J connectivity index is 1.80. The lowest BCUT2D eigenvalue weighted by Gasteiger charge is -2.40. The first kappa shape index (κ1) is 17.7. The van der Waals surface area contributed by atoms with E-state index in [1.165, 1.54) is 5.56 Å². The van der Waals surface area contributed by atoms with Crippen LogP contribution in [0, 0.1) is 6.92 Å². The van der Waals surface area contributed by atoms with E-state index in [1.807, 2.05) is 26.3 Å². The average molecular weight is 377 g/mol. The summed E-state index contributed by atoms with van der Waals surface area (Å²) in [5.74, 6) is 2.08. The molecule has 140 valence electrons. The molecule has 1 unspecified atom stereocenters. The van der Waals surface area contributed by atoms with Crippen LogP contribution in [0.4, 0.5) is 11.5 Å². The highest BCUT2D eigenvalue weighted by Gasteiger charge is 2.34. The summed E-state index contributed by atoms with van der Waals surface area (Å²) in [4.78, 5) is 16.5. The van der Waals surface area contributed by atoms with E-state index in [-0.39, 0.29) is 5.92 Å². The first-order chi connectivity index (χ1) is 14.0. The summed E-state index contributed by atoms with van der Waals surface area (Å²) >= 11 is 0. The SMILES string of the molecule is Bc1cc2c(nc1-c1cccnc1B)N1C(=CC(C)c3nccc(C)c31)NC2=C. The summed E-state index contributed by atoms with van der Waals surface area (Å²) in [5.41, 5.74) is 9.29. The highest BCUT2D eigenvalue weighted by atomic mass is 15.3. The minimum Gasteiger partial charge on any atom is -0.341 e. The zero-order valence-electron chi connectivity index (χ0n) is 17.1. The summed E-state index contributed by atoms with van der Waals surface area (Å²) in [5, 5.41) is 3.48. The van der Waals surface area contributed by atoms with Crippen molar-refractivity contribution < 1.29 is 0 Å². The third-order valence-corrected chi connectivity index (χ3v) is 5.73. The van der Waals surface area contributed by atoms with Gasteiger partial charge < -0.3 is 5.32 Å². The van der Waals surface area contributed by atoms with Crippen LogP contribution in [0.2, 0.25) is 0 Å². The first-order valence-electron chi connectivity index (χ1n) is 9.83. The van der Waals surface area contributed by atoms with Crippen LogP contribution in [0.1, 0.15) is 29.7 Å². The van der Waals surface area contributed by atoms with E-state index in [2.05, 4.69) is 72.7 Å². The third-order valence-electron chi connectivity index (χ3n) is 5.73. The highest BCUT2D eigenvalue weighted by Crippen LogP contribution is 2.45. The fourth-order valence-corrected chi connectivity index (χ4v) is 4.25. The van der Waals surface area contributed by atoms with E-state index >= 15 is 0 Å². The molecule has 1 atom stereocenters. The first-order valence-corrected chi connectivity index (χ1v) is 9.83. The van der Waals surface area contributed by atoms with Gasteiger partial charge in [-0.3, -0.25) is 14.9 Å². The molecule has 3 aromatic rings. The van der Waals surface area contributed by atoms with Gasteiger partial charge in [0.25, 0.3) is 0 Å². The monoisotopic (exact) mass is 377 g/mol. The molecule has 0 saturated heterocycles. The van der Waals surface area contributed by atoms with Gasteiger partial charge in [-0.25, -0.2) is 4.98 Å². The second-order valence-corrected chi connectivity index (χ2v) is 7.80. The number of aryl methyl sites for hydroxylation is 1. The zero-order chi connectivity index (χ0) is 20.3. The normalized spacial score (nSPS) is 17.0. The predicted octanol–water partition coefficient (Wildman–Crippen LogP) is 1.03. The van der Waals surface area contributed by atoms with E-state index in [0.29, 0.717) is 0 Å². The van der Waals surface area contributed by atoms with Crippen molar-refractivity contribution in [1.82, 2.24) is 20.3 Å². The Hall–Kier alpha value is -3.34. The van der Waals surface area contributed by atoms with Crippen molar-refractivity contribution >= 4 is 44.0 Å². The van der Waals surface area contributed by atoms with Crippen LogP contribution in [0.3, 0.4) is 0 Å². The Kier molecular flexibility index (Phi) is 3.88. The molecule has 5 rings (SSSR count). The predicted molar refractivity (Wildman–Crippen MR) is 124 cm³/mol. The number of nitrogens with zero attached hydrogens (tertiary/aromatic N) is 4. The summed E-state index contributed by atoms with van der Waals surface area (Å²) in [6, 6.07) is 8.26. The Morgan fingerprint density at radius 3 is 2.76 bits per heavy atom. The van der Waals surface area contributed by atoms with Crippen LogP contribution >= 0.6 is 0 Å². The molecule has 2 aliphatic heterocycles. The maximum atomic E-state index is 5.16. The molecule has 1 N–H and O–H groups in total. The molecule has 0 fully saturated rings. The molecule has 0 radical (unpaired) electrons. The lowest BCUT2D eigenvalue weighted by atomic mass is 9.85. The number of fused-ring (bicyclic) bond motifs is 5. The van der Waals surface area contributed by atoms with Gasteiger partial charge in [0.2, 0.25) is 0 Å². The van der Waals surface area contributed by atoms with Crippen molar-refractivity contribution in [3.63, 3.8) is 0 Å². The summed E-state index contributed by atoms with van der Waals surface area (Å²) in [6.07, 6.45) is 5.89. The Morgan fingerprint density at radius 1 is 1.14 bits per heavy atom. The third kappa shape index (κ3) is 2.61. The van der Waals surface area contributed by atoms with Gasteiger partial charge in [0, 0.05) is 40.7 Å². The molecular formula is C22H21B2N5. The number of rotatable bonds is 1. The van der Waals surface area contributed by atoms with Crippen molar-refractivity contribution in [3.05, 3.63) is 72.0 Å². The number of hydrogen-bond acceptors (Lipinski definition) is 5. The van der Waals surface area contributed by atoms with E-state index in [0.717, 1.165) is 56.6 Å². The van der Waals surface area contributed by atoms with Gasteiger partial charge in [0.15, 0.2) is 7.85 Å². The van der Waals surface area contributed by atoms with Crippen molar-refractivity contribution in [2.45, 2.75) is 19.8 Å². The second-order valence-electron chi connectivity index (χ2n) is 7.80. The summed E-state index contributed by atoms with van der Waals surface area (Å²) in [6.45, 7) is 8.56. The lowest BCUT2D eigenvalue weighted by molar-refractivity contribution is 0.805.